The van der Waals surface area contributed by atoms with Crippen LogP contribution in [0.15, 0.2) is 42.5 Å². The number of nitrogens with one attached hydrogen (secondary N) is 2. The Balaban J connectivity index is 1.45. The van der Waals surface area contributed by atoms with Crippen LogP contribution < -0.4 is 15.4 Å². The van der Waals surface area contributed by atoms with Crippen molar-refractivity contribution in [3.05, 3.63) is 59.4 Å². The van der Waals surface area contributed by atoms with Crippen molar-refractivity contribution in [2.75, 3.05) is 5.32 Å². The molecule has 0 radical (unpaired) electrons. The van der Waals surface area contributed by atoms with Crippen LogP contribution >= 0.6 is 0 Å². The highest BCUT2D eigenvalue weighted by Crippen LogP contribution is 2.31. The first-order chi connectivity index (χ1) is 14.2. The normalized spacial score (nSPS) is 18.9. The summed E-state index contributed by atoms with van der Waals surface area (Å²) in [7, 11) is 0. The van der Waals surface area contributed by atoms with E-state index in [1.54, 1.807) is 0 Å². The van der Waals surface area contributed by atoms with Gasteiger partial charge in [-0.3, -0.25) is 0 Å². The number of carbonyl (C=O) groups is 1. The highest BCUT2D eigenvalue weighted by Gasteiger charge is 2.30. The van der Waals surface area contributed by atoms with Crippen molar-refractivity contribution in [3.8, 4) is 11.8 Å². The number of benzene rings is 2. The van der Waals surface area contributed by atoms with Gasteiger partial charge in [-0.1, -0.05) is 0 Å². The molecule has 30 heavy (non-hydrogen) atoms. The minimum absolute atomic E-state index is 0.0224. The largest absolute Gasteiger partial charge is 0.490 e. The Labute approximate surface area is 170 Å². The SMILES string of the molecule is N#Cc1ccc(NC(=O)NC2CCC(Oc3ccc(C(F)(F)F)cc3)CC2)c(F)c1. The quantitative estimate of drug-likeness (QED) is 0.664. The van der Waals surface area contributed by atoms with E-state index < -0.39 is 23.6 Å². The number of rotatable bonds is 4. The number of ether oxygens (including phenoxy) is 1. The average molecular weight is 421 g/mol. The molecule has 0 bridgehead atoms. The van der Waals surface area contributed by atoms with E-state index in [4.69, 9.17) is 10.00 Å². The predicted molar refractivity (Wildman–Crippen MR) is 101 cm³/mol. The van der Waals surface area contributed by atoms with Crippen LogP contribution in [0, 0.1) is 17.1 Å². The van der Waals surface area contributed by atoms with E-state index in [2.05, 4.69) is 10.6 Å². The summed E-state index contributed by atoms with van der Waals surface area (Å²) < 4.78 is 57.4. The van der Waals surface area contributed by atoms with E-state index in [1.807, 2.05) is 6.07 Å². The Hall–Kier alpha value is -3.28. The lowest BCUT2D eigenvalue weighted by Crippen LogP contribution is -2.41. The van der Waals surface area contributed by atoms with Crippen LogP contribution in [0.4, 0.5) is 28.0 Å². The van der Waals surface area contributed by atoms with Gasteiger partial charge in [0.05, 0.1) is 29.0 Å². The van der Waals surface area contributed by atoms with Crippen LogP contribution in [0.2, 0.25) is 0 Å². The van der Waals surface area contributed by atoms with Gasteiger partial charge >= 0.3 is 12.2 Å². The van der Waals surface area contributed by atoms with E-state index in [0.29, 0.717) is 31.4 Å². The number of anilines is 1. The summed E-state index contributed by atoms with van der Waals surface area (Å²) in [5.74, 6) is -0.328. The molecule has 0 atom stereocenters. The van der Waals surface area contributed by atoms with E-state index in [1.165, 1.54) is 24.3 Å². The second-order valence-corrected chi connectivity index (χ2v) is 7.02. The first-order valence-electron chi connectivity index (χ1n) is 9.35. The molecule has 2 aromatic carbocycles. The molecule has 0 aliphatic heterocycles. The fourth-order valence-electron chi connectivity index (χ4n) is 3.27. The molecule has 2 aromatic rings. The molecule has 1 fully saturated rings. The lowest BCUT2D eigenvalue weighted by Gasteiger charge is -2.29. The molecule has 5 nitrogen and oxygen atoms in total. The Morgan fingerprint density at radius 1 is 1.07 bits per heavy atom. The van der Waals surface area contributed by atoms with Crippen molar-refractivity contribution < 1.29 is 27.1 Å². The summed E-state index contributed by atoms with van der Waals surface area (Å²) in [5, 5.41) is 13.9. The third-order valence-corrected chi connectivity index (χ3v) is 4.84. The maximum atomic E-state index is 13.9. The molecule has 2 amide bonds. The van der Waals surface area contributed by atoms with E-state index >= 15 is 0 Å². The van der Waals surface area contributed by atoms with E-state index in [0.717, 1.165) is 18.2 Å². The number of carbonyl (C=O) groups excluding carboxylic acids is 1. The highest BCUT2D eigenvalue weighted by molar-refractivity contribution is 5.89. The summed E-state index contributed by atoms with van der Waals surface area (Å²) in [6, 6.07) is 9.47. The Kier molecular flexibility index (Phi) is 6.45. The lowest BCUT2D eigenvalue weighted by atomic mass is 9.93. The molecule has 0 saturated heterocycles. The van der Waals surface area contributed by atoms with Gasteiger partial charge in [-0.05, 0) is 68.1 Å². The summed E-state index contributed by atoms with van der Waals surface area (Å²) in [5.41, 5.74) is -0.594. The number of alkyl halides is 3. The number of hydrogen-bond acceptors (Lipinski definition) is 3. The molecule has 0 heterocycles. The summed E-state index contributed by atoms with van der Waals surface area (Å²) in [6.07, 6.45) is -2.06. The van der Waals surface area contributed by atoms with Gasteiger partial charge in [-0.2, -0.15) is 18.4 Å². The molecule has 0 unspecified atom stereocenters. The van der Waals surface area contributed by atoms with Gasteiger partial charge in [0.1, 0.15) is 11.6 Å². The standard InChI is InChI=1S/C21H19F4N3O2/c22-18-11-13(12-26)1-10-19(18)28-20(29)27-15-4-8-17(9-5-15)30-16-6-2-14(3-7-16)21(23,24)25/h1-3,6-7,10-11,15,17H,4-5,8-9H2,(H2,27,28,29). The molecule has 1 aliphatic rings. The molecule has 158 valence electrons. The van der Waals surface area contributed by atoms with Gasteiger partial charge in [-0.15, -0.1) is 0 Å². The van der Waals surface area contributed by atoms with Crippen molar-refractivity contribution in [3.63, 3.8) is 0 Å². The number of nitriles is 1. The van der Waals surface area contributed by atoms with Crippen molar-refractivity contribution in [1.29, 1.82) is 5.26 Å². The Bertz CT molecular complexity index is 931. The maximum absolute atomic E-state index is 13.9. The van der Waals surface area contributed by atoms with Crippen LogP contribution in [-0.4, -0.2) is 18.2 Å². The van der Waals surface area contributed by atoms with Crippen molar-refractivity contribution in [1.82, 2.24) is 5.32 Å². The number of halogens is 4. The summed E-state index contributed by atoms with van der Waals surface area (Å²) >= 11 is 0. The molecular formula is C21H19F4N3O2. The number of nitrogens with zero attached hydrogens (tertiary/aromatic N) is 1. The Morgan fingerprint density at radius 2 is 1.73 bits per heavy atom. The van der Waals surface area contributed by atoms with Crippen LogP contribution in [-0.2, 0) is 6.18 Å². The lowest BCUT2D eigenvalue weighted by molar-refractivity contribution is -0.137. The topological polar surface area (TPSA) is 74.2 Å². The molecular weight excluding hydrogens is 402 g/mol. The molecule has 0 aromatic heterocycles. The van der Waals surface area contributed by atoms with Crippen LogP contribution in [0.1, 0.15) is 36.8 Å². The first kappa shape index (κ1) is 21.4. The average Bonchev–Trinajstić information content (AvgIpc) is 2.70. The molecule has 3 rings (SSSR count). The van der Waals surface area contributed by atoms with Gasteiger partial charge in [0.2, 0.25) is 0 Å². The maximum Gasteiger partial charge on any atom is 0.416 e. The minimum Gasteiger partial charge on any atom is -0.490 e. The minimum atomic E-state index is -4.39. The van der Waals surface area contributed by atoms with Crippen molar-refractivity contribution >= 4 is 11.7 Å². The van der Waals surface area contributed by atoms with Gasteiger partial charge in [0, 0.05) is 6.04 Å². The fraction of sp³-hybridized carbons (Fsp3) is 0.333. The van der Waals surface area contributed by atoms with E-state index in [9.17, 15) is 22.4 Å². The van der Waals surface area contributed by atoms with Crippen LogP contribution in [0.25, 0.3) is 0 Å². The summed E-state index contributed by atoms with van der Waals surface area (Å²) in [6.45, 7) is 0. The zero-order valence-electron chi connectivity index (χ0n) is 15.8. The number of amides is 2. The van der Waals surface area contributed by atoms with Gasteiger partial charge < -0.3 is 15.4 Å². The third kappa shape index (κ3) is 5.63. The molecule has 1 saturated carbocycles. The molecule has 2 N–H and O–H groups in total. The highest BCUT2D eigenvalue weighted by atomic mass is 19.4. The number of hydrogen-bond donors (Lipinski definition) is 2. The van der Waals surface area contributed by atoms with Gasteiger partial charge in [0.15, 0.2) is 0 Å². The molecule has 9 heteroatoms. The zero-order valence-corrected chi connectivity index (χ0v) is 15.8. The van der Waals surface area contributed by atoms with Gasteiger partial charge in [0.25, 0.3) is 0 Å². The Morgan fingerprint density at radius 3 is 2.30 bits per heavy atom. The summed E-state index contributed by atoms with van der Waals surface area (Å²) in [4.78, 5) is 12.1. The zero-order chi connectivity index (χ0) is 21.7. The predicted octanol–water partition coefficient (Wildman–Crippen LogP) is 5.23. The van der Waals surface area contributed by atoms with Crippen molar-refractivity contribution in [2.45, 2.75) is 44.0 Å². The second kappa shape index (κ2) is 9.03. The fourth-order valence-corrected chi connectivity index (χ4v) is 3.27. The van der Waals surface area contributed by atoms with E-state index in [-0.39, 0.29) is 23.4 Å². The van der Waals surface area contributed by atoms with Crippen LogP contribution in [0.5, 0.6) is 5.75 Å². The first-order valence-corrected chi connectivity index (χ1v) is 9.35. The smallest absolute Gasteiger partial charge is 0.416 e. The van der Waals surface area contributed by atoms with Crippen LogP contribution in [0.3, 0.4) is 0 Å². The van der Waals surface area contributed by atoms with Gasteiger partial charge in [-0.25, -0.2) is 9.18 Å². The monoisotopic (exact) mass is 421 g/mol. The van der Waals surface area contributed by atoms with Crippen molar-refractivity contribution in [2.24, 2.45) is 0 Å². The third-order valence-electron chi connectivity index (χ3n) is 4.84. The number of urea groups is 1. The molecule has 0 spiro atoms. The second-order valence-electron chi connectivity index (χ2n) is 7.02. The molecule has 1 aliphatic carbocycles.